The number of carbonyl (C=O) groups is 2. The van der Waals surface area contributed by atoms with Crippen LogP contribution in [-0.4, -0.2) is 16.1 Å². The number of nitrogens with two attached hydrogens (primary N) is 1. The first-order valence-electron chi connectivity index (χ1n) is 10.5. The summed E-state index contributed by atoms with van der Waals surface area (Å²) in [6.07, 6.45) is -4.68. The lowest BCUT2D eigenvalue weighted by Crippen LogP contribution is -2.18. The lowest BCUT2D eigenvalue weighted by Gasteiger charge is -2.12. The van der Waals surface area contributed by atoms with Crippen LogP contribution in [0.15, 0.2) is 48.5 Å². The van der Waals surface area contributed by atoms with Crippen molar-refractivity contribution in [2.75, 3.05) is 16.4 Å². The van der Waals surface area contributed by atoms with Crippen molar-refractivity contribution in [3.05, 3.63) is 86.9 Å². The predicted molar refractivity (Wildman–Crippen MR) is 136 cm³/mol. The molecule has 1 aliphatic carbocycles. The van der Waals surface area contributed by atoms with E-state index in [1.54, 1.807) is 0 Å². The lowest BCUT2D eigenvalue weighted by atomic mass is 10.0. The predicted octanol–water partition coefficient (Wildman–Crippen LogP) is 7.65. The number of hydrogen-bond donors (Lipinski definition) is 3. The largest absolute Gasteiger partial charge is 0.416 e. The van der Waals surface area contributed by atoms with Crippen LogP contribution in [0.5, 0.6) is 0 Å². The van der Waals surface area contributed by atoms with Crippen molar-refractivity contribution in [3.63, 3.8) is 0 Å². The molecule has 14 heteroatoms. The van der Waals surface area contributed by atoms with E-state index >= 15 is 0 Å². The molecule has 5 nitrogen and oxygen atoms in total. The van der Waals surface area contributed by atoms with E-state index in [1.165, 1.54) is 24.3 Å². The third-order valence-electron chi connectivity index (χ3n) is 5.80. The minimum absolute atomic E-state index is 0.0201. The van der Waals surface area contributed by atoms with Gasteiger partial charge in [-0.3, -0.25) is 9.59 Å². The average Bonchev–Trinajstić information content (AvgIpc) is 3.41. The molecule has 0 radical (unpaired) electrons. The van der Waals surface area contributed by atoms with Gasteiger partial charge in [0.05, 0.1) is 27.8 Å². The van der Waals surface area contributed by atoms with Gasteiger partial charge in [-0.05, 0) is 54.1 Å². The Bertz CT molecular complexity index is 1470. The first-order chi connectivity index (χ1) is 17.6. The van der Waals surface area contributed by atoms with Gasteiger partial charge in [0.2, 0.25) is 5.91 Å². The van der Waals surface area contributed by atoms with Gasteiger partial charge in [0.15, 0.2) is 5.82 Å². The zero-order chi connectivity index (χ0) is 28.2. The Kier molecular flexibility index (Phi) is 7.48. The number of benzene rings is 3. The fourth-order valence-corrected chi connectivity index (χ4v) is 5.15. The molecule has 3 aromatic rings. The number of nitrogen functional groups attached to an aromatic ring is 1. The van der Waals surface area contributed by atoms with Crippen molar-refractivity contribution in [1.29, 1.82) is 0 Å². The summed E-state index contributed by atoms with van der Waals surface area (Å²) in [6, 6.07) is 8.40. The Morgan fingerprint density at radius 2 is 1.63 bits per heavy atom. The van der Waals surface area contributed by atoms with E-state index in [-0.39, 0.29) is 26.9 Å². The molecule has 0 spiro atoms. The standard InChI is InChI=1S/C24H14Cl4F5N3O2/c25-11-6-9(5-10(7-11)24(31,32)33)17-18(23(17,27)28)22(38)35-12-1-2-14(26)13(8-12)21(37)36-16-4-3-15(29)20(34)19(16)30/h1-8,17-18H,34H2,(H,35,38)(H,36,37)/t17-,18+/m0/s1. The maximum atomic E-state index is 14.2. The molecule has 0 heterocycles. The van der Waals surface area contributed by atoms with Crippen LogP contribution in [-0.2, 0) is 11.0 Å². The van der Waals surface area contributed by atoms with E-state index in [0.29, 0.717) is 0 Å². The number of nitrogens with one attached hydrogen (secondary N) is 2. The Morgan fingerprint density at radius 3 is 2.29 bits per heavy atom. The van der Waals surface area contributed by atoms with Crippen LogP contribution >= 0.6 is 46.4 Å². The molecule has 4 N–H and O–H groups in total. The lowest BCUT2D eigenvalue weighted by molar-refractivity contribution is -0.137. The van der Waals surface area contributed by atoms with Gasteiger partial charge >= 0.3 is 6.18 Å². The molecule has 38 heavy (non-hydrogen) atoms. The fraction of sp³-hybridized carbons (Fsp3) is 0.167. The number of anilines is 3. The molecule has 1 saturated carbocycles. The number of amides is 2. The third kappa shape index (κ3) is 5.49. The van der Waals surface area contributed by atoms with Crippen molar-refractivity contribution in [2.45, 2.75) is 16.4 Å². The molecule has 0 saturated heterocycles. The number of halogens is 9. The molecule has 0 aliphatic heterocycles. The molecule has 0 aromatic heterocycles. The summed E-state index contributed by atoms with van der Waals surface area (Å²) in [5.74, 6) is -6.01. The fourth-order valence-electron chi connectivity index (χ4n) is 3.88. The van der Waals surface area contributed by atoms with Crippen molar-refractivity contribution in [1.82, 2.24) is 0 Å². The maximum Gasteiger partial charge on any atom is 0.416 e. The highest BCUT2D eigenvalue weighted by molar-refractivity contribution is 6.53. The number of alkyl halides is 5. The molecule has 1 fully saturated rings. The highest BCUT2D eigenvalue weighted by Crippen LogP contribution is 2.65. The molecular weight excluding hydrogens is 599 g/mol. The molecule has 2 atom stereocenters. The topological polar surface area (TPSA) is 84.2 Å². The summed E-state index contributed by atoms with van der Waals surface area (Å²) < 4.78 is 65.5. The average molecular weight is 613 g/mol. The van der Waals surface area contributed by atoms with Crippen molar-refractivity contribution >= 4 is 75.3 Å². The van der Waals surface area contributed by atoms with Gasteiger partial charge in [-0.1, -0.05) is 23.2 Å². The number of carbonyl (C=O) groups excluding carboxylic acids is 2. The minimum atomic E-state index is -4.68. The Morgan fingerprint density at radius 1 is 0.947 bits per heavy atom. The molecule has 200 valence electrons. The molecule has 3 aromatic carbocycles. The highest BCUT2D eigenvalue weighted by Gasteiger charge is 2.67. The van der Waals surface area contributed by atoms with Crippen LogP contribution < -0.4 is 16.4 Å². The van der Waals surface area contributed by atoms with Crippen LogP contribution in [0.1, 0.15) is 27.4 Å². The zero-order valence-electron chi connectivity index (χ0n) is 18.6. The van der Waals surface area contributed by atoms with E-state index in [9.17, 15) is 31.5 Å². The van der Waals surface area contributed by atoms with E-state index in [1.807, 2.05) is 0 Å². The van der Waals surface area contributed by atoms with Gasteiger partial charge in [-0.25, -0.2) is 8.78 Å². The quantitative estimate of drug-likeness (QED) is 0.157. The Labute approximate surface area is 232 Å². The highest BCUT2D eigenvalue weighted by atomic mass is 35.5. The van der Waals surface area contributed by atoms with Crippen LogP contribution in [0.3, 0.4) is 0 Å². The minimum Gasteiger partial charge on any atom is -0.394 e. The van der Waals surface area contributed by atoms with E-state index in [0.717, 1.165) is 24.3 Å². The van der Waals surface area contributed by atoms with Crippen LogP contribution in [0.4, 0.5) is 39.0 Å². The van der Waals surface area contributed by atoms with E-state index < -0.39 is 62.7 Å². The summed E-state index contributed by atoms with van der Waals surface area (Å²) in [4.78, 5) is 25.6. The molecule has 1 aliphatic rings. The Hall–Kier alpha value is -2.79. The Balaban J connectivity index is 1.54. The van der Waals surface area contributed by atoms with E-state index in [4.69, 9.17) is 52.1 Å². The molecule has 4 rings (SSSR count). The first-order valence-corrected chi connectivity index (χ1v) is 12.0. The van der Waals surface area contributed by atoms with Crippen molar-refractivity contribution < 1.29 is 31.5 Å². The normalized spacial score (nSPS) is 18.1. The van der Waals surface area contributed by atoms with Gasteiger partial charge in [0.1, 0.15) is 15.8 Å². The molecule has 0 bridgehead atoms. The van der Waals surface area contributed by atoms with E-state index in [2.05, 4.69) is 10.6 Å². The smallest absolute Gasteiger partial charge is 0.394 e. The van der Waals surface area contributed by atoms with Gasteiger partial charge in [0, 0.05) is 16.6 Å². The SMILES string of the molecule is Nc1c(F)ccc(NC(=O)c2cc(NC(=O)[C@H]3[C@H](c4cc(Cl)cc(C(F)(F)F)c4)C3(Cl)Cl)ccc2Cl)c1F. The first kappa shape index (κ1) is 28.2. The van der Waals surface area contributed by atoms with Crippen LogP contribution in [0.25, 0.3) is 0 Å². The molecule has 0 unspecified atom stereocenters. The number of hydrogen-bond acceptors (Lipinski definition) is 3. The van der Waals surface area contributed by atoms with Gasteiger partial charge in [-0.2, -0.15) is 13.2 Å². The number of rotatable bonds is 5. The van der Waals surface area contributed by atoms with Gasteiger partial charge < -0.3 is 16.4 Å². The second-order valence-corrected chi connectivity index (χ2v) is 10.6. The van der Waals surface area contributed by atoms with Crippen LogP contribution in [0.2, 0.25) is 10.0 Å². The summed E-state index contributed by atoms with van der Waals surface area (Å²) in [7, 11) is 0. The molecular formula is C24H14Cl4F5N3O2. The van der Waals surface area contributed by atoms with Crippen molar-refractivity contribution in [3.8, 4) is 0 Å². The molecule has 2 amide bonds. The third-order valence-corrected chi connectivity index (χ3v) is 7.28. The zero-order valence-corrected chi connectivity index (χ0v) is 21.6. The van der Waals surface area contributed by atoms with Crippen molar-refractivity contribution in [2.24, 2.45) is 5.92 Å². The summed E-state index contributed by atoms with van der Waals surface area (Å²) in [5.41, 5.74) is 2.96. The second-order valence-electron chi connectivity index (χ2n) is 8.36. The summed E-state index contributed by atoms with van der Waals surface area (Å²) >= 11 is 24.4. The summed E-state index contributed by atoms with van der Waals surface area (Å²) in [6.45, 7) is 0. The van der Waals surface area contributed by atoms with Gasteiger partial charge in [-0.15, -0.1) is 23.2 Å². The van der Waals surface area contributed by atoms with Gasteiger partial charge in [0.25, 0.3) is 5.91 Å². The van der Waals surface area contributed by atoms with Crippen LogP contribution in [0, 0.1) is 17.6 Å². The monoisotopic (exact) mass is 611 g/mol. The summed E-state index contributed by atoms with van der Waals surface area (Å²) in [5, 5.41) is 4.42. The maximum absolute atomic E-state index is 14.2. The second kappa shape index (κ2) is 10.1.